The first-order chi connectivity index (χ1) is 12.9. The maximum absolute atomic E-state index is 12.7. The highest BCUT2D eigenvalue weighted by atomic mass is 32.2. The average Bonchev–Trinajstić information content (AvgIpc) is 3.12. The lowest BCUT2D eigenvalue weighted by Crippen LogP contribution is -2.43. The van der Waals surface area contributed by atoms with E-state index in [0.717, 1.165) is 5.56 Å². The number of sulfonamides is 1. The quantitative estimate of drug-likeness (QED) is 0.608. The highest BCUT2D eigenvalue weighted by Gasteiger charge is 2.51. The fourth-order valence-corrected chi connectivity index (χ4v) is 5.14. The summed E-state index contributed by atoms with van der Waals surface area (Å²) in [6.45, 7) is 1.30. The van der Waals surface area contributed by atoms with Crippen LogP contribution in [0.1, 0.15) is 24.8 Å². The molecule has 8 heteroatoms. The van der Waals surface area contributed by atoms with Gasteiger partial charge in [-0.3, -0.25) is 4.79 Å². The Balaban J connectivity index is 1.67. The van der Waals surface area contributed by atoms with Crippen LogP contribution in [-0.4, -0.2) is 37.7 Å². The fraction of sp³-hybridized carbons (Fsp3) is 0.316. The number of aliphatic hydroxyl groups excluding tert-OH is 1. The second-order valence-electron chi connectivity index (χ2n) is 6.71. The third-order valence-corrected chi connectivity index (χ3v) is 6.39. The summed E-state index contributed by atoms with van der Waals surface area (Å²) in [7, 11) is -3.80. The third-order valence-electron chi connectivity index (χ3n) is 4.91. The van der Waals surface area contributed by atoms with Gasteiger partial charge in [-0.2, -0.15) is 0 Å². The predicted molar refractivity (Wildman–Crippen MR) is 96.1 cm³/mol. The van der Waals surface area contributed by atoms with Crippen LogP contribution >= 0.6 is 0 Å². The van der Waals surface area contributed by atoms with Crippen LogP contribution in [0.5, 0.6) is 11.5 Å². The molecule has 4 rings (SSSR count). The highest BCUT2D eigenvalue weighted by Crippen LogP contribution is 2.51. The number of aliphatic hydroxyl groups is 1. The molecule has 2 aliphatic rings. The van der Waals surface area contributed by atoms with E-state index in [0.29, 0.717) is 11.5 Å². The van der Waals surface area contributed by atoms with Crippen LogP contribution in [0.25, 0.3) is 0 Å². The summed E-state index contributed by atoms with van der Waals surface area (Å²) in [6.07, 6.45) is -1.000. The van der Waals surface area contributed by atoms with Crippen LogP contribution in [0, 0.1) is 0 Å². The first-order valence-corrected chi connectivity index (χ1v) is 10.1. The van der Waals surface area contributed by atoms with E-state index in [1.54, 1.807) is 36.4 Å². The van der Waals surface area contributed by atoms with Crippen molar-refractivity contribution in [3.05, 3.63) is 54.1 Å². The van der Waals surface area contributed by atoms with Gasteiger partial charge in [0, 0.05) is 24.8 Å². The first-order valence-electron chi connectivity index (χ1n) is 8.60. The van der Waals surface area contributed by atoms with E-state index in [1.807, 2.05) is 0 Å². The van der Waals surface area contributed by atoms with Gasteiger partial charge in [0.25, 0.3) is 0 Å². The number of carbonyl (C=O) groups is 1. The minimum atomic E-state index is -3.80. The Morgan fingerprint density at radius 2 is 1.93 bits per heavy atom. The predicted octanol–water partition coefficient (Wildman–Crippen LogP) is 1.57. The van der Waals surface area contributed by atoms with Crippen LogP contribution in [0.15, 0.2) is 53.4 Å². The molecular weight excluding hydrogens is 370 g/mol. The molecule has 4 atom stereocenters. The second-order valence-corrected chi connectivity index (χ2v) is 8.43. The van der Waals surface area contributed by atoms with Gasteiger partial charge in [0.15, 0.2) is 11.5 Å². The van der Waals surface area contributed by atoms with Crippen molar-refractivity contribution in [2.24, 2.45) is 0 Å². The van der Waals surface area contributed by atoms with Gasteiger partial charge in [-0.25, -0.2) is 13.1 Å². The van der Waals surface area contributed by atoms with E-state index in [4.69, 9.17) is 9.47 Å². The van der Waals surface area contributed by atoms with Gasteiger partial charge < -0.3 is 14.6 Å². The summed E-state index contributed by atoms with van der Waals surface area (Å²) in [4.78, 5) is 11.4. The molecule has 0 radical (unpaired) electrons. The van der Waals surface area contributed by atoms with Crippen LogP contribution < -0.4 is 14.2 Å². The van der Waals surface area contributed by atoms with Gasteiger partial charge in [0.2, 0.25) is 10.0 Å². The summed E-state index contributed by atoms with van der Waals surface area (Å²) < 4.78 is 39.2. The Labute approximate surface area is 157 Å². The largest absolute Gasteiger partial charge is 0.485 e. The van der Waals surface area contributed by atoms with E-state index in [1.165, 1.54) is 19.1 Å². The van der Waals surface area contributed by atoms with Crippen molar-refractivity contribution >= 4 is 16.0 Å². The molecule has 27 heavy (non-hydrogen) atoms. The lowest BCUT2D eigenvalue weighted by Gasteiger charge is -2.22. The Bertz CT molecular complexity index is 975. The second kappa shape index (κ2) is 6.63. The van der Waals surface area contributed by atoms with Gasteiger partial charge in [-0.05, 0) is 18.2 Å². The van der Waals surface area contributed by atoms with E-state index in [2.05, 4.69) is 4.72 Å². The van der Waals surface area contributed by atoms with Crippen molar-refractivity contribution in [3.63, 3.8) is 0 Å². The SMILES string of the molecule is CC(=O)Oc1cccc2c1O[C@@H]1C[C@H](O)[C@@H](NS(=O)(=O)c3ccccc3)[C@H]21. The van der Waals surface area contributed by atoms with Crippen molar-refractivity contribution in [3.8, 4) is 11.5 Å². The maximum atomic E-state index is 12.7. The topological polar surface area (TPSA) is 102 Å². The molecule has 1 aliphatic heterocycles. The molecule has 1 fully saturated rings. The molecule has 2 N–H and O–H groups in total. The third kappa shape index (κ3) is 3.20. The Kier molecular flexibility index (Phi) is 4.41. The van der Waals surface area contributed by atoms with Gasteiger partial charge in [0.1, 0.15) is 6.10 Å². The molecular formula is C19H19NO6S. The number of esters is 1. The summed E-state index contributed by atoms with van der Waals surface area (Å²) in [5.41, 5.74) is 0.719. The molecule has 2 aromatic carbocycles. The van der Waals surface area contributed by atoms with Crippen molar-refractivity contribution in [1.82, 2.24) is 4.72 Å². The molecule has 0 bridgehead atoms. The Morgan fingerprint density at radius 1 is 1.19 bits per heavy atom. The molecule has 0 aromatic heterocycles. The zero-order valence-electron chi connectivity index (χ0n) is 14.5. The number of hydrogen-bond acceptors (Lipinski definition) is 6. The zero-order chi connectivity index (χ0) is 19.2. The molecule has 0 saturated heterocycles. The number of rotatable bonds is 4. The molecule has 0 unspecified atom stereocenters. The number of benzene rings is 2. The van der Waals surface area contributed by atoms with Crippen molar-refractivity contribution in [1.29, 1.82) is 0 Å². The van der Waals surface area contributed by atoms with Crippen molar-refractivity contribution in [2.75, 3.05) is 0 Å². The molecule has 142 valence electrons. The van der Waals surface area contributed by atoms with Crippen molar-refractivity contribution in [2.45, 2.75) is 42.4 Å². The van der Waals surface area contributed by atoms with Crippen molar-refractivity contribution < 1.29 is 27.8 Å². The Morgan fingerprint density at radius 3 is 2.63 bits per heavy atom. The summed E-state index contributed by atoms with van der Waals surface area (Å²) in [6, 6.07) is 12.4. The first kappa shape index (κ1) is 18.0. The molecule has 0 spiro atoms. The highest BCUT2D eigenvalue weighted by molar-refractivity contribution is 7.89. The number of hydrogen-bond donors (Lipinski definition) is 2. The molecule has 2 aromatic rings. The summed E-state index contributed by atoms with van der Waals surface area (Å²) in [5.74, 6) is -0.110. The van der Waals surface area contributed by atoms with Crippen LogP contribution in [0.2, 0.25) is 0 Å². The van der Waals surface area contributed by atoms with Crippen LogP contribution in [0.4, 0.5) is 0 Å². The maximum Gasteiger partial charge on any atom is 0.308 e. The van der Waals surface area contributed by atoms with Gasteiger partial charge in [-0.1, -0.05) is 30.3 Å². The minimum absolute atomic E-state index is 0.133. The van der Waals surface area contributed by atoms with E-state index in [9.17, 15) is 18.3 Å². The van der Waals surface area contributed by atoms with E-state index in [-0.39, 0.29) is 17.2 Å². The van der Waals surface area contributed by atoms with Crippen LogP contribution in [0.3, 0.4) is 0 Å². The smallest absolute Gasteiger partial charge is 0.308 e. The molecule has 1 aliphatic carbocycles. The van der Waals surface area contributed by atoms with Gasteiger partial charge >= 0.3 is 5.97 Å². The monoisotopic (exact) mass is 389 g/mol. The lowest BCUT2D eigenvalue weighted by atomic mass is 9.94. The molecule has 1 saturated carbocycles. The number of carbonyl (C=O) groups excluding carboxylic acids is 1. The van der Waals surface area contributed by atoms with Gasteiger partial charge in [0.05, 0.1) is 17.0 Å². The fourth-order valence-electron chi connectivity index (χ4n) is 3.82. The number of ether oxygens (including phenoxy) is 2. The normalized spacial score (nSPS) is 26.1. The minimum Gasteiger partial charge on any atom is -0.485 e. The van der Waals surface area contributed by atoms with Gasteiger partial charge in [-0.15, -0.1) is 0 Å². The standard InChI is InChI=1S/C19H19NO6S/c1-11(21)25-15-9-5-8-13-17-16(26-19(13)15)10-14(22)18(17)20-27(23,24)12-6-3-2-4-7-12/h2-9,14,16-18,20,22H,10H2,1H3/t14-,16+,17+,18+/m0/s1. The number of fused-ring (bicyclic) bond motifs is 3. The summed E-state index contributed by atoms with van der Waals surface area (Å²) in [5, 5.41) is 10.5. The van der Waals surface area contributed by atoms with E-state index >= 15 is 0 Å². The van der Waals surface area contributed by atoms with E-state index < -0.39 is 34.2 Å². The molecule has 1 heterocycles. The molecule has 7 nitrogen and oxygen atoms in total. The zero-order valence-corrected chi connectivity index (χ0v) is 15.3. The summed E-state index contributed by atoms with van der Waals surface area (Å²) >= 11 is 0. The van der Waals surface area contributed by atoms with Crippen LogP contribution in [-0.2, 0) is 14.8 Å². The average molecular weight is 389 g/mol. The lowest BCUT2D eigenvalue weighted by molar-refractivity contribution is -0.132. The number of nitrogens with one attached hydrogen (secondary N) is 1. The molecule has 0 amide bonds. The number of para-hydroxylation sites is 1. The Hall–Kier alpha value is -2.42.